The molecule has 0 radical (unpaired) electrons. The molecule has 0 saturated heterocycles. The minimum Gasteiger partial charge on any atom is -0.368 e. The molecule has 2 aromatic carbocycles. The van der Waals surface area contributed by atoms with E-state index in [1.165, 1.54) is 54.0 Å². The molecular weight excluding hydrogens is 392 g/mol. The van der Waals surface area contributed by atoms with E-state index >= 15 is 0 Å². The third-order valence-electron chi connectivity index (χ3n) is 6.36. The van der Waals surface area contributed by atoms with Crippen molar-refractivity contribution < 1.29 is 18.1 Å². The van der Waals surface area contributed by atoms with Crippen molar-refractivity contribution in [3.05, 3.63) is 69.3 Å². The van der Waals surface area contributed by atoms with E-state index in [9.17, 15) is 18.5 Å². The highest BCUT2D eigenvalue weighted by molar-refractivity contribution is 7.89. The Balaban J connectivity index is 1.56. The second-order valence-corrected chi connectivity index (χ2v) is 10.2. The van der Waals surface area contributed by atoms with Crippen LogP contribution in [-0.4, -0.2) is 31.3 Å². The Morgan fingerprint density at radius 2 is 1.90 bits per heavy atom. The second kappa shape index (κ2) is 6.35. The molecule has 7 nitrogen and oxygen atoms in total. The Morgan fingerprint density at radius 1 is 1.17 bits per heavy atom. The van der Waals surface area contributed by atoms with E-state index in [2.05, 4.69) is 12.1 Å². The summed E-state index contributed by atoms with van der Waals surface area (Å²) in [6.07, 6.45) is 4.28. The number of likely N-dealkylation sites (N-methyl/N-ethyl adjacent to an activating group) is 1. The van der Waals surface area contributed by atoms with Crippen LogP contribution < -0.4 is 0 Å². The molecule has 3 aliphatic rings. The maximum absolute atomic E-state index is 13.3. The molecule has 0 aromatic heterocycles. The van der Waals surface area contributed by atoms with Crippen LogP contribution in [0.15, 0.2) is 47.4 Å². The zero-order chi connectivity index (χ0) is 20.4. The predicted octanol–water partition coefficient (Wildman–Crippen LogP) is 3.85. The number of rotatable bonds is 5. The smallest absolute Gasteiger partial charge is 0.289 e. The number of para-hydroxylation sites is 1. The lowest BCUT2D eigenvalue weighted by Gasteiger charge is -2.37. The van der Waals surface area contributed by atoms with Gasteiger partial charge >= 0.3 is 0 Å². The first-order chi connectivity index (χ1) is 13.8. The third kappa shape index (κ3) is 2.97. The maximum Gasteiger partial charge on any atom is 0.289 e. The second-order valence-electron chi connectivity index (χ2n) is 8.19. The molecule has 0 N–H and O–H groups in total. The number of hydrogen-bond donors (Lipinski definition) is 0. The fraction of sp³-hybridized carbons (Fsp3) is 0.429. The maximum atomic E-state index is 13.3. The standard InChI is InChI=1S/C21H22N2O5S/c1-22(29(26,27)20-5-3-2-4-18(20)23(24)25)19-13-28-21(10-11-21)17-12-15(14-6-7-14)8-9-16(17)19/h2-5,8-9,12,14,19H,6-7,10-11,13H2,1H3. The molecule has 1 aliphatic heterocycles. The first-order valence-corrected chi connectivity index (χ1v) is 11.3. The van der Waals surface area contributed by atoms with Gasteiger partial charge in [0.05, 0.1) is 23.2 Å². The van der Waals surface area contributed by atoms with E-state index in [1.807, 2.05) is 6.07 Å². The molecule has 1 atom stereocenters. The number of fused-ring (bicyclic) bond motifs is 2. The van der Waals surface area contributed by atoms with Crippen molar-refractivity contribution in [2.24, 2.45) is 0 Å². The Labute approximate surface area is 169 Å². The molecule has 0 bridgehead atoms. The molecule has 29 heavy (non-hydrogen) atoms. The van der Waals surface area contributed by atoms with Crippen molar-refractivity contribution in [1.82, 2.24) is 4.31 Å². The van der Waals surface area contributed by atoms with Crippen LogP contribution in [-0.2, 0) is 20.4 Å². The summed E-state index contributed by atoms with van der Waals surface area (Å²) in [5.41, 5.74) is 2.63. The molecule has 8 heteroatoms. The fourth-order valence-corrected chi connectivity index (χ4v) is 5.79. The Morgan fingerprint density at radius 3 is 2.55 bits per heavy atom. The molecular formula is C21H22N2O5S. The van der Waals surface area contributed by atoms with Gasteiger partial charge < -0.3 is 4.74 Å². The summed E-state index contributed by atoms with van der Waals surface area (Å²) in [7, 11) is -2.60. The molecule has 2 aromatic rings. The van der Waals surface area contributed by atoms with Crippen molar-refractivity contribution in [1.29, 1.82) is 0 Å². The van der Waals surface area contributed by atoms with Gasteiger partial charge in [-0.05, 0) is 54.4 Å². The van der Waals surface area contributed by atoms with Crippen molar-refractivity contribution >= 4 is 15.7 Å². The van der Waals surface area contributed by atoms with Gasteiger partial charge in [0.25, 0.3) is 5.69 Å². The number of sulfonamides is 1. The lowest BCUT2D eigenvalue weighted by atomic mass is 9.90. The van der Waals surface area contributed by atoms with Crippen molar-refractivity contribution in [2.45, 2.75) is 48.1 Å². The Kier molecular flexibility index (Phi) is 4.10. The van der Waals surface area contributed by atoms with Crippen molar-refractivity contribution in [3.63, 3.8) is 0 Å². The first kappa shape index (κ1) is 18.7. The summed E-state index contributed by atoms with van der Waals surface area (Å²) in [5.74, 6) is 0.602. The monoisotopic (exact) mass is 414 g/mol. The van der Waals surface area contributed by atoms with Crippen LogP contribution in [0.3, 0.4) is 0 Å². The molecule has 152 valence electrons. The largest absolute Gasteiger partial charge is 0.368 e. The number of nitro groups is 1. The minimum atomic E-state index is -4.08. The van der Waals surface area contributed by atoms with Crippen LogP contribution in [0, 0.1) is 10.1 Å². The quantitative estimate of drug-likeness (QED) is 0.548. The van der Waals surface area contributed by atoms with Crippen LogP contribution in [0.25, 0.3) is 0 Å². The molecule has 2 aliphatic carbocycles. The van der Waals surface area contributed by atoms with Crippen LogP contribution in [0.1, 0.15) is 54.3 Å². The van der Waals surface area contributed by atoms with E-state index in [-0.39, 0.29) is 17.1 Å². The summed E-state index contributed by atoms with van der Waals surface area (Å²) in [6, 6.07) is 11.3. The summed E-state index contributed by atoms with van der Waals surface area (Å²) >= 11 is 0. The lowest BCUT2D eigenvalue weighted by molar-refractivity contribution is -0.387. The molecule has 1 spiro atoms. The first-order valence-electron chi connectivity index (χ1n) is 9.83. The number of hydrogen-bond acceptors (Lipinski definition) is 5. The van der Waals surface area contributed by atoms with Gasteiger partial charge in [0.15, 0.2) is 4.90 Å². The summed E-state index contributed by atoms with van der Waals surface area (Å²) in [6.45, 7) is 0.242. The molecule has 2 saturated carbocycles. The molecule has 2 fully saturated rings. The van der Waals surface area contributed by atoms with Gasteiger partial charge in [0.2, 0.25) is 10.0 Å². The van der Waals surface area contributed by atoms with Gasteiger partial charge in [-0.25, -0.2) is 8.42 Å². The van der Waals surface area contributed by atoms with Crippen LogP contribution in [0.4, 0.5) is 5.69 Å². The number of ether oxygens (including phenoxy) is 1. The van der Waals surface area contributed by atoms with Crippen LogP contribution in [0.2, 0.25) is 0 Å². The fourth-order valence-electron chi connectivity index (χ4n) is 4.31. The van der Waals surface area contributed by atoms with Gasteiger partial charge in [-0.1, -0.05) is 30.3 Å². The van der Waals surface area contributed by atoms with Gasteiger partial charge in [-0.3, -0.25) is 10.1 Å². The average Bonchev–Trinajstić information content (AvgIpc) is 3.63. The van der Waals surface area contributed by atoms with E-state index in [4.69, 9.17) is 4.74 Å². The summed E-state index contributed by atoms with van der Waals surface area (Å²) in [5, 5.41) is 11.4. The normalized spacial score (nSPS) is 22.5. The predicted molar refractivity (Wildman–Crippen MR) is 106 cm³/mol. The highest BCUT2D eigenvalue weighted by Gasteiger charge is 2.52. The Bertz CT molecular complexity index is 1110. The highest BCUT2D eigenvalue weighted by Crippen LogP contribution is 2.56. The van der Waals surface area contributed by atoms with E-state index in [0.29, 0.717) is 5.92 Å². The number of nitro benzene ring substituents is 1. The summed E-state index contributed by atoms with van der Waals surface area (Å²) < 4.78 is 34.0. The van der Waals surface area contributed by atoms with E-state index in [0.717, 1.165) is 24.0 Å². The van der Waals surface area contributed by atoms with Gasteiger partial charge in [-0.2, -0.15) is 4.31 Å². The average molecular weight is 414 g/mol. The van der Waals surface area contributed by atoms with Crippen LogP contribution in [0.5, 0.6) is 0 Å². The van der Waals surface area contributed by atoms with Crippen LogP contribution >= 0.6 is 0 Å². The molecule has 0 amide bonds. The molecule has 5 rings (SSSR count). The van der Waals surface area contributed by atoms with Crippen molar-refractivity contribution in [3.8, 4) is 0 Å². The topological polar surface area (TPSA) is 89.8 Å². The molecule has 1 unspecified atom stereocenters. The summed E-state index contributed by atoms with van der Waals surface area (Å²) in [4.78, 5) is 10.4. The number of nitrogens with zero attached hydrogens (tertiary/aromatic N) is 2. The third-order valence-corrected chi connectivity index (χ3v) is 8.27. The lowest BCUT2D eigenvalue weighted by Crippen LogP contribution is -2.39. The SMILES string of the molecule is CN(C1COC2(CC2)c2cc(C3CC3)ccc21)S(=O)(=O)c1ccccc1[N+](=O)[O-]. The highest BCUT2D eigenvalue weighted by atomic mass is 32.2. The van der Waals surface area contributed by atoms with Gasteiger partial charge in [0.1, 0.15) is 0 Å². The zero-order valence-corrected chi connectivity index (χ0v) is 16.9. The Hall–Kier alpha value is -2.29. The number of benzene rings is 2. The zero-order valence-electron chi connectivity index (χ0n) is 16.1. The van der Waals surface area contributed by atoms with Gasteiger partial charge in [0, 0.05) is 13.1 Å². The van der Waals surface area contributed by atoms with E-state index in [1.54, 1.807) is 0 Å². The molecule has 1 heterocycles. The van der Waals surface area contributed by atoms with Gasteiger partial charge in [-0.15, -0.1) is 0 Å². The van der Waals surface area contributed by atoms with Crippen molar-refractivity contribution in [2.75, 3.05) is 13.7 Å². The van der Waals surface area contributed by atoms with E-state index < -0.39 is 26.7 Å². The minimum absolute atomic E-state index is 0.242.